The van der Waals surface area contributed by atoms with Crippen LogP contribution in [0, 0.1) is 0 Å². The molecule has 0 aliphatic carbocycles. The minimum atomic E-state index is -4.63. The Kier molecular flexibility index (Phi) is 4.87. The van der Waals surface area contributed by atoms with E-state index in [9.17, 15) is 18.0 Å². The van der Waals surface area contributed by atoms with Crippen LogP contribution in [0.4, 0.5) is 13.2 Å². The average molecular weight is 417 g/mol. The molecule has 27 heavy (non-hydrogen) atoms. The molecule has 0 unspecified atom stereocenters. The predicted molar refractivity (Wildman–Crippen MR) is 91.4 cm³/mol. The molecule has 0 spiro atoms. The van der Waals surface area contributed by atoms with Gasteiger partial charge in [-0.15, -0.1) is 0 Å². The number of aromatic nitrogens is 2. The number of benzene rings is 1. The molecule has 1 aromatic heterocycles. The minimum absolute atomic E-state index is 0.0680. The van der Waals surface area contributed by atoms with Crippen LogP contribution in [-0.2, 0) is 20.4 Å². The lowest BCUT2D eigenvalue weighted by Gasteiger charge is -2.25. The summed E-state index contributed by atoms with van der Waals surface area (Å²) in [4.78, 5) is 19.8. The van der Waals surface area contributed by atoms with Crippen LogP contribution in [0.15, 0.2) is 35.5 Å². The molecule has 0 radical (unpaired) electrons. The lowest BCUT2D eigenvalue weighted by molar-refractivity contribution is -0.151. The summed E-state index contributed by atoms with van der Waals surface area (Å²) >= 11 is 6.83. The van der Waals surface area contributed by atoms with Crippen LogP contribution in [0.25, 0.3) is 11.3 Å². The second-order valence-electron chi connectivity index (χ2n) is 6.09. The first kappa shape index (κ1) is 18.7. The van der Waals surface area contributed by atoms with E-state index < -0.39 is 23.4 Å². The third kappa shape index (κ3) is 3.96. The van der Waals surface area contributed by atoms with Gasteiger partial charge in [0.1, 0.15) is 5.69 Å². The van der Waals surface area contributed by atoms with E-state index in [-0.39, 0.29) is 35.8 Å². The van der Waals surface area contributed by atoms with Crippen LogP contribution >= 0.6 is 23.4 Å². The predicted octanol–water partition coefficient (Wildman–Crippen LogP) is 3.99. The van der Waals surface area contributed by atoms with Crippen molar-refractivity contribution < 1.29 is 27.4 Å². The maximum absolute atomic E-state index is 13.3. The molecule has 0 saturated carbocycles. The number of carbonyl (C=O) groups is 1. The molecular weight excluding hydrogens is 405 g/mol. The summed E-state index contributed by atoms with van der Waals surface area (Å²) in [5, 5.41) is -0.00793. The van der Waals surface area contributed by atoms with E-state index in [0.29, 0.717) is 10.6 Å². The Morgan fingerprint density at radius 2 is 1.93 bits per heavy atom. The number of ether oxygens (including phenoxy) is 2. The van der Waals surface area contributed by atoms with Gasteiger partial charge in [0, 0.05) is 22.3 Å². The molecule has 2 aliphatic rings. The fourth-order valence-electron chi connectivity index (χ4n) is 2.85. The SMILES string of the molecule is O=C1C[C@@H](Sc2nc(-c3ccc(Cl)cc3)cc(C(F)(F)F)n2)[C@H]2CO[C@H]1O2. The number of ketones is 1. The molecule has 2 saturated heterocycles. The molecule has 5 nitrogen and oxygen atoms in total. The Labute approximate surface area is 161 Å². The van der Waals surface area contributed by atoms with E-state index >= 15 is 0 Å². The molecule has 142 valence electrons. The van der Waals surface area contributed by atoms with E-state index in [1.807, 2.05) is 0 Å². The summed E-state index contributed by atoms with van der Waals surface area (Å²) < 4.78 is 50.6. The third-order valence-electron chi connectivity index (χ3n) is 4.18. The highest BCUT2D eigenvalue weighted by Crippen LogP contribution is 2.38. The summed E-state index contributed by atoms with van der Waals surface area (Å²) in [6.45, 7) is 0.219. The zero-order chi connectivity index (χ0) is 19.2. The van der Waals surface area contributed by atoms with Gasteiger partial charge in [0.25, 0.3) is 0 Å². The number of hydrogen-bond donors (Lipinski definition) is 0. The van der Waals surface area contributed by atoms with E-state index in [4.69, 9.17) is 21.1 Å². The highest BCUT2D eigenvalue weighted by Gasteiger charge is 2.44. The molecular formula is C17H12ClF3N2O3S. The molecule has 4 rings (SSSR count). The normalized spacial score (nSPS) is 25.0. The number of fused-ring (bicyclic) bond motifs is 2. The molecule has 10 heteroatoms. The van der Waals surface area contributed by atoms with Crippen LogP contribution in [0.1, 0.15) is 12.1 Å². The van der Waals surface area contributed by atoms with Crippen LogP contribution in [0.3, 0.4) is 0 Å². The Morgan fingerprint density at radius 3 is 2.63 bits per heavy atom. The van der Waals surface area contributed by atoms with E-state index in [1.54, 1.807) is 24.3 Å². The van der Waals surface area contributed by atoms with Crippen molar-refractivity contribution in [2.24, 2.45) is 0 Å². The van der Waals surface area contributed by atoms with Crippen molar-refractivity contribution in [1.29, 1.82) is 0 Å². The van der Waals surface area contributed by atoms with Crippen molar-refractivity contribution in [3.8, 4) is 11.3 Å². The van der Waals surface area contributed by atoms with Crippen LogP contribution in [0.5, 0.6) is 0 Å². The van der Waals surface area contributed by atoms with Gasteiger partial charge >= 0.3 is 6.18 Å². The largest absolute Gasteiger partial charge is 0.433 e. The monoisotopic (exact) mass is 416 g/mol. The number of rotatable bonds is 3. The zero-order valence-electron chi connectivity index (χ0n) is 13.6. The van der Waals surface area contributed by atoms with Crippen LogP contribution in [0.2, 0.25) is 5.02 Å². The average Bonchev–Trinajstić information content (AvgIpc) is 3.05. The summed E-state index contributed by atoms with van der Waals surface area (Å²) in [5.41, 5.74) is -0.442. The topological polar surface area (TPSA) is 61.3 Å². The summed E-state index contributed by atoms with van der Waals surface area (Å²) in [5.74, 6) is -0.230. The molecule has 3 atom stereocenters. The Balaban J connectivity index is 1.68. The van der Waals surface area contributed by atoms with Gasteiger partial charge in [0.15, 0.2) is 10.9 Å². The molecule has 1 aromatic carbocycles. The van der Waals surface area contributed by atoms with Gasteiger partial charge in [-0.25, -0.2) is 9.97 Å². The lowest BCUT2D eigenvalue weighted by Crippen LogP contribution is -2.37. The van der Waals surface area contributed by atoms with Gasteiger partial charge in [-0.2, -0.15) is 13.2 Å². The van der Waals surface area contributed by atoms with Gasteiger partial charge in [-0.05, 0) is 18.2 Å². The summed E-state index contributed by atoms with van der Waals surface area (Å²) in [6, 6.07) is 7.21. The van der Waals surface area contributed by atoms with Crippen molar-refractivity contribution in [1.82, 2.24) is 9.97 Å². The minimum Gasteiger partial charge on any atom is -0.343 e. The zero-order valence-corrected chi connectivity index (χ0v) is 15.1. The number of thioether (sulfide) groups is 1. The van der Waals surface area contributed by atoms with E-state index in [0.717, 1.165) is 17.8 Å². The molecule has 2 aliphatic heterocycles. The van der Waals surface area contributed by atoms with Gasteiger partial charge in [0.05, 0.1) is 18.4 Å². The van der Waals surface area contributed by atoms with Crippen LogP contribution in [-0.4, -0.2) is 40.0 Å². The van der Waals surface area contributed by atoms with Crippen molar-refractivity contribution in [3.63, 3.8) is 0 Å². The standard InChI is InChI=1S/C17H12ClF3N2O3S/c18-9-3-1-8(2-4-9)10-5-14(17(19,20)21)23-16(22-10)27-13-6-11(24)15-25-7-12(13)26-15/h1-5,12-13,15H,6-7H2/t12-,13-,15+/m1/s1. The van der Waals surface area contributed by atoms with Crippen molar-refractivity contribution in [2.75, 3.05) is 6.61 Å². The van der Waals surface area contributed by atoms with E-state index in [1.165, 1.54) is 0 Å². The smallest absolute Gasteiger partial charge is 0.343 e. The Morgan fingerprint density at radius 1 is 1.19 bits per heavy atom. The Bertz CT molecular complexity index is 879. The first-order valence-electron chi connectivity index (χ1n) is 7.98. The van der Waals surface area contributed by atoms with E-state index in [2.05, 4.69) is 9.97 Å². The molecule has 2 fully saturated rings. The molecule has 2 aromatic rings. The molecule has 0 amide bonds. The summed E-state index contributed by atoms with van der Waals surface area (Å²) in [7, 11) is 0. The van der Waals surface area contributed by atoms with Crippen LogP contribution < -0.4 is 0 Å². The molecule has 2 bridgehead atoms. The fraction of sp³-hybridized carbons (Fsp3) is 0.353. The third-order valence-corrected chi connectivity index (χ3v) is 5.60. The highest BCUT2D eigenvalue weighted by molar-refractivity contribution is 7.99. The summed E-state index contributed by atoms with van der Waals surface area (Å²) in [6.07, 6.45) is -5.73. The van der Waals surface area contributed by atoms with Gasteiger partial charge in [-0.3, -0.25) is 4.79 Å². The number of halogens is 4. The van der Waals surface area contributed by atoms with Crippen molar-refractivity contribution >= 4 is 29.1 Å². The first-order valence-corrected chi connectivity index (χ1v) is 9.24. The van der Waals surface area contributed by atoms with Crippen molar-refractivity contribution in [2.45, 2.75) is 35.4 Å². The fourth-order valence-corrected chi connectivity index (χ4v) is 4.09. The van der Waals surface area contributed by atoms with Gasteiger partial charge in [-0.1, -0.05) is 35.5 Å². The van der Waals surface area contributed by atoms with Gasteiger partial charge < -0.3 is 9.47 Å². The second kappa shape index (κ2) is 7.05. The van der Waals surface area contributed by atoms with Gasteiger partial charge in [0.2, 0.25) is 6.29 Å². The maximum Gasteiger partial charge on any atom is 0.433 e. The maximum atomic E-state index is 13.3. The number of carbonyl (C=O) groups excluding carboxylic acids is 1. The first-order chi connectivity index (χ1) is 12.8. The number of alkyl halides is 3. The lowest BCUT2D eigenvalue weighted by atomic mass is 10.1. The second-order valence-corrected chi connectivity index (χ2v) is 7.73. The molecule has 3 heterocycles. The highest BCUT2D eigenvalue weighted by atomic mass is 35.5. The Hall–Kier alpha value is -1.68. The number of hydrogen-bond acceptors (Lipinski definition) is 6. The number of nitrogens with zero attached hydrogens (tertiary/aromatic N) is 2. The van der Waals surface area contributed by atoms with Crippen molar-refractivity contribution in [3.05, 3.63) is 41.0 Å². The quantitative estimate of drug-likeness (QED) is 0.705. The molecule has 0 N–H and O–H groups in total. The number of Topliss-reactive ketones (excluding diaryl/α,β-unsaturated/α-hetero) is 1.